The van der Waals surface area contributed by atoms with Gasteiger partial charge >= 0.3 is 5.97 Å². The lowest BCUT2D eigenvalue weighted by Gasteiger charge is -2.24. The van der Waals surface area contributed by atoms with Gasteiger partial charge in [0.05, 0.1) is 6.04 Å². The van der Waals surface area contributed by atoms with Crippen LogP contribution < -0.4 is 19.9 Å². The summed E-state index contributed by atoms with van der Waals surface area (Å²) in [6.07, 6.45) is 2.02. The summed E-state index contributed by atoms with van der Waals surface area (Å²) in [4.78, 5) is 37.8. The maximum absolute atomic E-state index is 13.1. The number of amides is 2. The highest BCUT2D eigenvalue weighted by Crippen LogP contribution is 2.13. The molecule has 0 unspecified atom stereocenters. The first-order valence-electron chi connectivity index (χ1n) is 11.1. The van der Waals surface area contributed by atoms with E-state index >= 15 is 0 Å². The Kier molecular flexibility index (Phi) is 11.8. The van der Waals surface area contributed by atoms with Gasteiger partial charge in [-0.15, -0.1) is 0 Å². The van der Waals surface area contributed by atoms with Gasteiger partial charge in [-0.3, -0.25) is 9.59 Å². The van der Waals surface area contributed by atoms with Crippen molar-refractivity contribution in [2.24, 2.45) is 5.73 Å². The lowest BCUT2D eigenvalue weighted by atomic mass is 10.0. The van der Waals surface area contributed by atoms with Crippen LogP contribution in [0.25, 0.3) is 0 Å². The molecule has 0 bridgehead atoms. The topological polar surface area (TPSA) is 154 Å². The molecular weight excluding hydrogens is 551 g/mol. The van der Waals surface area contributed by atoms with Crippen LogP contribution in [0.5, 0.6) is 5.75 Å². The van der Waals surface area contributed by atoms with Gasteiger partial charge in [-0.05, 0) is 55.5 Å². The van der Waals surface area contributed by atoms with Crippen LogP contribution in [-0.2, 0) is 27.2 Å². The zero-order valence-corrected chi connectivity index (χ0v) is 20.9. The summed E-state index contributed by atoms with van der Waals surface area (Å²) >= 11 is 1.88. The van der Waals surface area contributed by atoms with E-state index in [0.717, 1.165) is 11.1 Å². The molecule has 7 N–H and O–H groups in total. The molecule has 184 valence electrons. The predicted octanol–water partition coefficient (Wildman–Crippen LogP) is 1.67. The summed E-state index contributed by atoms with van der Waals surface area (Å²) in [5, 5.41) is 24.3. The third-order valence-electron chi connectivity index (χ3n) is 5.30. The van der Waals surface area contributed by atoms with Crippen LogP contribution in [-0.4, -0.2) is 52.7 Å². The van der Waals surface area contributed by atoms with Gasteiger partial charge in [0.25, 0.3) is 0 Å². The molecule has 0 saturated carbocycles. The SMILES string of the molecule is NCCCC[C@@H](NC(=O)[C@@H](Cc1ccccc1)NC(=O)[C@@H](Cc1ccc(O)cc1)NI)C(=O)O. The molecule has 0 heterocycles. The summed E-state index contributed by atoms with van der Waals surface area (Å²) in [7, 11) is 0. The van der Waals surface area contributed by atoms with E-state index in [-0.39, 0.29) is 18.6 Å². The number of nitrogens with one attached hydrogen (secondary N) is 3. The second-order valence-corrected chi connectivity index (χ2v) is 8.59. The minimum absolute atomic E-state index is 0.131. The number of nitrogens with two attached hydrogens (primary N) is 1. The van der Waals surface area contributed by atoms with Crippen molar-refractivity contribution >= 4 is 40.6 Å². The molecule has 9 nitrogen and oxygen atoms in total. The third-order valence-corrected chi connectivity index (χ3v) is 6.05. The van der Waals surface area contributed by atoms with Crippen molar-refractivity contribution in [1.29, 1.82) is 0 Å². The molecule has 2 aromatic rings. The number of hydrogen-bond acceptors (Lipinski definition) is 6. The molecule has 2 aromatic carbocycles. The Labute approximate surface area is 213 Å². The molecule has 0 radical (unpaired) electrons. The number of unbranched alkanes of at least 4 members (excludes halogenated alkanes) is 1. The summed E-state index contributed by atoms with van der Waals surface area (Å²) in [5.41, 5.74) is 7.14. The molecule has 0 aliphatic carbocycles. The molecule has 0 aliphatic heterocycles. The monoisotopic (exact) mass is 582 g/mol. The quantitative estimate of drug-likeness (QED) is 0.113. The van der Waals surface area contributed by atoms with Crippen LogP contribution >= 0.6 is 22.9 Å². The van der Waals surface area contributed by atoms with Crippen molar-refractivity contribution in [3.8, 4) is 5.75 Å². The molecular formula is C24H31IN4O5. The van der Waals surface area contributed by atoms with E-state index in [1.807, 2.05) is 53.2 Å². The van der Waals surface area contributed by atoms with Crippen LogP contribution in [0.4, 0.5) is 0 Å². The first kappa shape index (κ1) is 27.5. The highest BCUT2D eigenvalue weighted by molar-refractivity contribution is 14.1. The van der Waals surface area contributed by atoms with E-state index in [1.54, 1.807) is 24.3 Å². The van der Waals surface area contributed by atoms with E-state index in [4.69, 9.17) is 5.73 Å². The fourth-order valence-electron chi connectivity index (χ4n) is 3.40. The maximum Gasteiger partial charge on any atom is 0.326 e. The van der Waals surface area contributed by atoms with Crippen LogP contribution in [0.1, 0.15) is 30.4 Å². The number of carboxylic acid groups (broad SMARTS) is 1. The Balaban J connectivity index is 2.14. The number of carboxylic acids is 1. The number of phenolic OH excluding ortho intramolecular Hbond substituents is 1. The Morgan fingerprint density at radius 2 is 1.38 bits per heavy atom. The van der Waals surface area contributed by atoms with Crippen LogP contribution in [0.3, 0.4) is 0 Å². The molecule has 10 heteroatoms. The largest absolute Gasteiger partial charge is 0.508 e. The predicted molar refractivity (Wildman–Crippen MR) is 137 cm³/mol. The third kappa shape index (κ3) is 9.27. The first-order valence-corrected chi connectivity index (χ1v) is 12.1. The average molecular weight is 582 g/mol. The number of aromatic hydroxyl groups is 1. The van der Waals surface area contributed by atoms with Gasteiger partial charge in [0, 0.05) is 29.3 Å². The normalized spacial score (nSPS) is 13.5. The number of halogens is 1. The maximum atomic E-state index is 13.1. The molecule has 0 aromatic heterocycles. The van der Waals surface area contributed by atoms with E-state index in [9.17, 15) is 24.6 Å². The fraction of sp³-hybridized carbons (Fsp3) is 0.375. The number of phenols is 1. The molecule has 3 atom stereocenters. The second-order valence-electron chi connectivity index (χ2n) is 7.97. The Bertz CT molecular complexity index is 927. The van der Waals surface area contributed by atoms with Gasteiger partial charge in [0.2, 0.25) is 11.8 Å². The zero-order valence-electron chi connectivity index (χ0n) is 18.7. The lowest BCUT2D eigenvalue weighted by Crippen LogP contribution is -2.55. The van der Waals surface area contributed by atoms with Crippen LogP contribution in [0.2, 0.25) is 0 Å². The minimum Gasteiger partial charge on any atom is -0.508 e. The van der Waals surface area contributed by atoms with Gasteiger partial charge in [-0.2, -0.15) is 0 Å². The molecule has 2 amide bonds. The van der Waals surface area contributed by atoms with Crippen LogP contribution in [0, 0.1) is 0 Å². The lowest BCUT2D eigenvalue weighted by molar-refractivity contribution is -0.142. The first-order chi connectivity index (χ1) is 16.3. The summed E-state index contributed by atoms with van der Waals surface area (Å²) < 4.78 is 2.92. The fourth-order valence-corrected chi connectivity index (χ4v) is 3.91. The minimum atomic E-state index is -1.13. The standard InChI is InChI=1S/C24H31IN4O5/c25-29-21(15-17-9-11-18(30)12-10-17)23(32)28-20(14-16-6-2-1-3-7-16)22(31)27-19(24(33)34)8-4-5-13-26/h1-3,6-7,9-12,19-21,29-30H,4-5,8,13-15,26H2,(H,27,31)(H,28,32)(H,33,34)/t19-,20-,21-/m1/s1. The van der Waals surface area contributed by atoms with E-state index in [2.05, 4.69) is 14.2 Å². The van der Waals surface area contributed by atoms with Crippen molar-refractivity contribution < 1.29 is 24.6 Å². The highest BCUT2D eigenvalue weighted by atomic mass is 127. The smallest absolute Gasteiger partial charge is 0.326 e. The number of carbonyl (C=O) groups excluding carboxylic acids is 2. The number of rotatable bonds is 14. The van der Waals surface area contributed by atoms with E-state index in [1.165, 1.54) is 0 Å². The van der Waals surface area contributed by atoms with Crippen molar-refractivity contribution in [3.05, 3.63) is 65.7 Å². The number of benzene rings is 2. The van der Waals surface area contributed by atoms with Crippen molar-refractivity contribution in [3.63, 3.8) is 0 Å². The molecule has 0 aliphatic rings. The van der Waals surface area contributed by atoms with Crippen LogP contribution in [0.15, 0.2) is 54.6 Å². The van der Waals surface area contributed by atoms with Crippen molar-refractivity contribution in [2.45, 2.75) is 50.2 Å². The second kappa shape index (κ2) is 14.5. The number of hydrogen-bond donors (Lipinski definition) is 6. The van der Waals surface area contributed by atoms with E-state index < -0.39 is 35.9 Å². The Morgan fingerprint density at radius 1 is 0.824 bits per heavy atom. The van der Waals surface area contributed by atoms with Gasteiger partial charge in [-0.1, -0.05) is 42.5 Å². The number of aliphatic carboxylic acids is 1. The molecule has 0 saturated heterocycles. The molecule has 2 rings (SSSR count). The average Bonchev–Trinajstić information content (AvgIpc) is 2.83. The summed E-state index contributed by atoms with van der Waals surface area (Å²) in [6.45, 7) is 0.443. The highest BCUT2D eigenvalue weighted by Gasteiger charge is 2.29. The van der Waals surface area contributed by atoms with Crippen molar-refractivity contribution in [2.75, 3.05) is 6.54 Å². The molecule has 0 spiro atoms. The molecule has 34 heavy (non-hydrogen) atoms. The van der Waals surface area contributed by atoms with Gasteiger partial charge in [0.1, 0.15) is 17.8 Å². The van der Waals surface area contributed by atoms with E-state index in [0.29, 0.717) is 25.8 Å². The zero-order chi connectivity index (χ0) is 24.9. The number of carbonyl (C=O) groups is 3. The molecule has 0 fully saturated rings. The summed E-state index contributed by atoms with van der Waals surface area (Å²) in [5.74, 6) is -1.96. The van der Waals surface area contributed by atoms with Crippen molar-refractivity contribution in [1.82, 2.24) is 14.2 Å². The van der Waals surface area contributed by atoms with Gasteiger partial charge in [0.15, 0.2) is 0 Å². The van der Waals surface area contributed by atoms with Gasteiger partial charge < -0.3 is 26.6 Å². The Morgan fingerprint density at radius 3 is 1.97 bits per heavy atom. The Hall–Kier alpha value is -2.70. The van der Waals surface area contributed by atoms with Gasteiger partial charge in [-0.25, -0.2) is 8.32 Å². The summed E-state index contributed by atoms with van der Waals surface area (Å²) in [6, 6.07) is 13.0.